The third-order valence-electron chi connectivity index (χ3n) is 1.01. The SMILES string of the molecule is CCOC(=O)N(O)CCCO. The zero-order valence-electron chi connectivity index (χ0n) is 6.49. The molecule has 0 aliphatic carbocycles. The van der Waals surface area contributed by atoms with Crippen molar-refractivity contribution in [3.8, 4) is 0 Å². The lowest BCUT2D eigenvalue weighted by Gasteiger charge is -2.12. The first-order valence-electron chi connectivity index (χ1n) is 3.46. The van der Waals surface area contributed by atoms with Gasteiger partial charge in [-0.2, -0.15) is 5.06 Å². The molecule has 0 bridgehead atoms. The molecule has 0 heterocycles. The van der Waals surface area contributed by atoms with E-state index < -0.39 is 6.09 Å². The van der Waals surface area contributed by atoms with E-state index in [1.165, 1.54) is 0 Å². The number of hydrogen-bond acceptors (Lipinski definition) is 4. The lowest BCUT2D eigenvalue weighted by molar-refractivity contribution is -0.0752. The Bertz CT molecular complexity index is 117. The number of hydroxylamine groups is 2. The molecule has 0 aliphatic heterocycles. The molecule has 5 nitrogen and oxygen atoms in total. The van der Waals surface area contributed by atoms with Crippen molar-refractivity contribution in [2.45, 2.75) is 13.3 Å². The summed E-state index contributed by atoms with van der Waals surface area (Å²) in [7, 11) is 0. The van der Waals surface area contributed by atoms with Crippen molar-refractivity contribution >= 4 is 6.09 Å². The summed E-state index contributed by atoms with van der Waals surface area (Å²) < 4.78 is 4.46. The second-order valence-electron chi connectivity index (χ2n) is 1.90. The summed E-state index contributed by atoms with van der Waals surface area (Å²) in [5.74, 6) is 0. The first kappa shape index (κ1) is 10.2. The van der Waals surface area contributed by atoms with Crippen LogP contribution in [-0.4, -0.2) is 41.2 Å². The molecular weight excluding hydrogens is 150 g/mol. The third-order valence-corrected chi connectivity index (χ3v) is 1.01. The van der Waals surface area contributed by atoms with Crippen LogP contribution < -0.4 is 0 Å². The molecule has 0 spiro atoms. The van der Waals surface area contributed by atoms with Gasteiger partial charge in [0.05, 0.1) is 13.2 Å². The minimum atomic E-state index is -0.777. The summed E-state index contributed by atoms with van der Waals surface area (Å²) in [4.78, 5) is 10.6. The maximum atomic E-state index is 10.6. The summed E-state index contributed by atoms with van der Waals surface area (Å²) in [6.45, 7) is 1.92. The monoisotopic (exact) mass is 163 g/mol. The highest BCUT2D eigenvalue weighted by Gasteiger charge is 2.09. The summed E-state index contributed by atoms with van der Waals surface area (Å²) in [5.41, 5.74) is 0. The Morgan fingerprint density at radius 1 is 1.64 bits per heavy atom. The lowest BCUT2D eigenvalue weighted by atomic mass is 10.4. The fourth-order valence-electron chi connectivity index (χ4n) is 0.510. The first-order chi connectivity index (χ1) is 5.22. The van der Waals surface area contributed by atoms with E-state index in [0.717, 1.165) is 0 Å². The maximum Gasteiger partial charge on any atom is 0.433 e. The van der Waals surface area contributed by atoms with E-state index in [1.807, 2.05) is 0 Å². The molecule has 0 radical (unpaired) electrons. The molecule has 5 heteroatoms. The number of amides is 1. The zero-order valence-corrected chi connectivity index (χ0v) is 6.49. The molecule has 0 aromatic carbocycles. The molecule has 0 aromatic rings. The standard InChI is InChI=1S/C6H13NO4/c1-2-11-6(9)7(10)4-3-5-8/h8,10H,2-5H2,1H3. The van der Waals surface area contributed by atoms with E-state index in [9.17, 15) is 4.79 Å². The van der Waals surface area contributed by atoms with Crippen molar-refractivity contribution in [3.63, 3.8) is 0 Å². The molecule has 11 heavy (non-hydrogen) atoms. The summed E-state index contributed by atoms with van der Waals surface area (Å²) in [5, 5.41) is 17.6. The molecule has 0 aromatic heterocycles. The quantitative estimate of drug-likeness (QED) is 0.459. The average Bonchev–Trinajstić information content (AvgIpc) is 2.00. The number of aliphatic hydroxyl groups is 1. The molecule has 1 amide bonds. The molecule has 0 saturated heterocycles. The van der Waals surface area contributed by atoms with Gasteiger partial charge in [-0.25, -0.2) is 4.79 Å². The second kappa shape index (κ2) is 5.94. The minimum absolute atomic E-state index is 0.0591. The Morgan fingerprint density at radius 3 is 2.73 bits per heavy atom. The highest BCUT2D eigenvalue weighted by molar-refractivity contribution is 5.65. The second-order valence-corrected chi connectivity index (χ2v) is 1.90. The van der Waals surface area contributed by atoms with Gasteiger partial charge in [0.2, 0.25) is 0 Å². The predicted octanol–water partition coefficient (Wildman–Crippen LogP) is 0.217. The van der Waals surface area contributed by atoms with E-state index >= 15 is 0 Å². The van der Waals surface area contributed by atoms with Crippen molar-refractivity contribution < 1.29 is 19.8 Å². The van der Waals surface area contributed by atoms with Gasteiger partial charge in [-0.3, -0.25) is 5.21 Å². The summed E-state index contributed by atoms with van der Waals surface area (Å²) in [6, 6.07) is 0. The Balaban J connectivity index is 3.46. The zero-order chi connectivity index (χ0) is 8.69. The maximum absolute atomic E-state index is 10.6. The Hall–Kier alpha value is -0.810. The number of hydrogen-bond donors (Lipinski definition) is 2. The van der Waals surface area contributed by atoms with Crippen LogP contribution in [0.3, 0.4) is 0 Å². The van der Waals surface area contributed by atoms with Crippen LogP contribution in [0.2, 0.25) is 0 Å². The van der Waals surface area contributed by atoms with E-state index in [4.69, 9.17) is 10.3 Å². The molecule has 0 rings (SSSR count). The van der Waals surface area contributed by atoms with Crippen molar-refractivity contribution in [2.75, 3.05) is 19.8 Å². The lowest BCUT2D eigenvalue weighted by Crippen LogP contribution is -2.29. The van der Waals surface area contributed by atoms with Gasteiger partial charge in [0.15, 0.2) is 0 Å². The van der Waals surface area contributed by atoms with Crippen LogP contribution in [0.1, 0.15) is 13.3 Å². The fourth-order valence-corrected chi connectivity index (χ4v) is 0.510. The highest BCUT2D eigenvalue weighted by Crippen LogP contribution is 1.90. The number of rotatable bonds is 4. The van der Waals surface area contributed by atoms with Gasteiger partial charge in [-0.1, -0.05) is 0 Å². The van der Waals surface area contributed by atoms with E-state index in [1.54, 1.807) is 6.92 Å². The van der Waals surface area contributed by atoms with Crippen LogP contribution >= 0.6 is 0 Å². The van der Waals surface area contributed by atoms with Gasteiger partial charge in [0.1, 0.15) is 0 Å². The largest absolute Gasteiger partial charge is 0.448 e. The van der Waals surface area contributed by atoms with E-state index in [-0.39, 0.29) is 19.8 Å². The number of nitrogens with zero attached hydrogens (tertiary/aromatic N) is 1. The average molecular weight is 163 g/mol. The molecule has 2 N–H and O–H groups in total. The van der Waals surface area contributed by atoms with E-state index in [0.29, 0.717) is 11.5 Å². The summed E-state index contributed by atoms with van der Waals surface area (Å²) >= 11 is 0. The number of carbonyl (C=O) groups excluding carboxylic acids is 1. The third kappa shape index (κ3) is 4.58. The smallest absolute Gasteiger partial charge is 0.433 e. The molecule has 0 saturated carbocycles. The van der Waals surface area contributed by atoms with Crippen LogP contribution in [-0.2, 0) is 4.74 Å². The van der Waals surface area contributed by atoms with Crippen LogP contribution in [0.15, 0.2) is 0 Å². The van der Waals surface area contributed by atoms with Gasteiger partial charge < -0.3 is 9.84 Å². The van der Waals surface area contributed by atoms with Crippen molar-refractivity contribution in [1.82, 2.24) is 5.06 Å². The van der Waals surface area contributed by atoms with Gasteiger partial charge in [-0.15, -0.1) is 0 Å². The molecule has 0 aliphatic rings. The predicted molar refractivity (Wildman–Crippen MR) is 37.2 cm³/mol. The molecule has 0 atom stereocenters. The van der Waals surface area contributed by atoms with Gasteiger partial charge in [0, 0.05) is 6.61 Å². The molecule has 66 valence electrons. The van der Waals surface area contributed by atoms with Crippen LogP contribution in [0.4, 0.5) is 4.79 Å². The highest BCUT2D eigenvalue weighted by atomic mass is 16.6. The minimum Gasteiger partial charge on any atom is -0.448 e. The molecule has 0 unspecified atom stereocenters. The van der Waals surface area contributed by atoms with Crippen molar-refractivity contribution in [3.05, 3.63) is 0 Å². The Labute approximate surface area is 65.1 Å². The van der Waals surface area contributed by atoms with Gasteiger partial charge >= 0.3 is 6.09 Å². The van der Waals surface area contributed by atoms with Gasteiger partial charge in [-0.05, 0) is 13.3 Å². The normalized spacial score (nSPS) is 9.36. The Morgan fingerprint density at radius 2 is 2.27 bits per heavy atom. The topological polar surface area (TPSA) is 70.0 Å². The van der Waals surface area contributed by atoms with Crippen LogP contribution in [0.5, 0.6) is 0 Å². The first-order valence-corrected chi connectivity index (χ1v) is 3.46. The Kier molecular flexibility index (Phi) is 5.50. The number of ether oxygens (including phenoxy) is 1. The summed E-state index contributed by atoms with van der Waals surface area (Å²) in [6.07, 6.45) is -0.434. The van der Waals surface area contributed by atoms with E-state index in [2.05, 4.69) is 4.74 Å². The van der Waals surface area contributed by atoms with Crippen LogP contribution in [0, 0.1) is 0 Å². The van der Waals surface area contributed by atoms with Crippen molar-refractivity contribution in [2.24, 2.45) is 0 Å². The number of aliphatic hydroxyl groups excluding tert-OH is 1. The molecule has 0 fully saturated rings. The number of carbonyl (C=O) groups is 1. The van der Waals surface area contributed by atoms with Crippen LogP contribution in [0.25, 0.3) is 0 Å². The molecular formula is C6H13NO4. The fraction of sp³-hybridized carbons (Fsp3) is 0.833. The van der Waals surface area contributed by atoms with Crippen molar-refractivity contribution in [1.29, 1.82) is 0 Å². The van der Waals surface area contributed by atoms with Gasteiger partial charge in [0.25, 0.3) is 0 Å².